The molecular formula is C18H15NO4. The molecule has 1 heterocycles. The van der Waals surface area contributed by atoms with Crippen molar-refractivity contribution in [3.8, 4) is 39.6 Å². The molecule has 0 aliphatic carbocycles. The number of rotatable bonds is 2. The molecule has 5 nitrogen and oxygen atoms in total. The van der Waals surface area contributed by atoms with Crippen LogP contribution in [0.25, 0.3) is 22.4 Å². The summed E-state index contributed by atoms with van der Waals surface area (Å²) in [4.78, 5) is 14.7. The van der Waals surface area contributed by atoms with Crippen LogP contribution in [-0.4, -0.2) is 20.3 Å². The average Bonchev–Trinajstić information content (AvgIpc) is 2.52. The van der Waals surface area contributed by atoms with Gasteiger partial charge in [-0.15, -0.1) is 0 Å². The summed E-state index contributed by atoms with van der Waals surface area (Å²) >= 11 is 0. The minimum Gasteiger partial charge on any atom is -0.508 e. The van der Waals surface area contributed by atoms with Gasteiger partial charge in [-0.05, 0) is 47.9 Å². The Morgan fingerprint density at radius 3 is 2.13 bits per heavy atom. The third kappa shape index (κ3) is 2.89. The highest BCUT2D eigenvalue weighted by molar-refractivity contribution is 5.72. The Morgan fingerprint density at radius 1 is 0.739 bits per heavy atom. The summed E-state index contributed by atoms with van der Waals surface area (Å²) in [6, 6.07) is 12.7. The highest BCUT2D eigenvalue weighted by Gasteiger charge is 2.08. The fourth-order valence-corrected chi connectivity index (χ4v) is 2.35. The molecule has 2 aromatic carbocycles. The van der Waals surface area contributed by atoms with Crippen molar-refractivity contribution in [2.24, 2.45) is 0 Å². The lowest BCUT2D eigenvalue weighted by Gasteiger charge is -2.08. The second kappa shape index (κ2) is 5.53. The van der Waals surface area contributed by atoms with Crippen LogP contribution in [0.4, 0.5) is 0 Å². The zero-order valence-corrected chi connectivity index (χ0v) is 12.4. The summed E-state index contributed by atoms with van der Waals surface area (Å²) in [5.74, 6) is -0.324. The Labute approximate surface area is 132 Å². The second-order valence-electron chi connectivity index (χ2n) is 5.35. The Bertz CT molecular complexity index is 871. The predicted molar refractivity (Wildman–Crippen MR) is 87.7 cm³/mol. The quantitative estimate of drug-likeness (QED) is 0.547. The lowest BCUT2D eigenvalue weighted by molar-refractivity contribution is 0.404. The molecule has 0 spiro atoms. The molecule has 116 valence electrons. The largest absolute Gasteiger partial charge is 0.508 e. The van der Waals surface area contributed by atoms with Gasteiger partial charge in [0.15, 0.2) is 11.5 Å². The first-order chi connectivity index (χ1) is 10.9. The second-order valence-corrected chi connectivity index (χ2v) is 5.35. The monoisotopic (exact) mass is 309 g/mol. The summed E-state index contributed by atoms with van der Waals surface area (Å²) in [5.41, 5.74) is 2.87. The summed E-state index contributed by atoms with van der Waals surface area (Å²) in [6.07, 6.45) is 0. The first kappa shape index (κ1) is 14.7. The van der Waals surface area contributed by atoms with Gasteiger partial charge < -0.3 is 20.3 Å². The van der Waals surface area contributed by atoms with Crippen LogP contribution in [0, 0.1) is 6.92 Å². The number of aromatic hydroxyl groups is 3. The molecule has 0 aliphatic rings. The van der Waals surface area contributed by atoms with E-state index in [0.29, 0.717) is 22.4 Å². The van der Waals surface area contributed by atoms with Crippen molar-refractivity contribution in [3.05, 3.63) is 64.4 Å². The minimum atomic E-state index is -0.301. The molecule has 3 aromatic rings. The number of H-pyrrole nitrogens is 1. The van der Waals surface area contributed by atoms with Crippen LogP contribution in [0.15, 0.2) is 53.3 Å². The van der Waals surface area contributed by atoms with Crippen LogP contribution < -0.4 is 5.56 Å². The van der Waals surface area contributed by atoms with E-state index in [2.05, 4.69) is 4.98 Å². The fraction of sp³-hybridized carbons (Fsp3) is 0.0556. The van der Waals surface area contributed by atoms with Gasteiger partial charge in [0, 0.05) is 17.3 Å². The SMILES string of the molecule is Cc1ccc(-c2cc(-c3ccc(O)c(O)c3)cc(=O)[nH]2)cc1O. The molecule has 1 aromatic heterocycles. The Balaban J connectivity index is 2.13. The summed E-state index contributed by atoms with van der Waals surface area (Å²) in [7, 11) is 0. The summed E-state index contributed by atoms with van der Waals surface area (Å²) < 4.78 is 0. The zero-order chi connectivity index (χ0) is 16.6. The number of hydrogen-bond acceptors (Lipinski definition) is 4. The van der Waals surface area contributed by atoms with E-state index >= 15 is 0 Å². The zero-order valence-electron chi connectivity index (χ0n) is 12.4. The molecular weight excluding hydrogens is 294 g/mol. The topological polar surface area (TPSA) is 93.5 Å². The van der Waals surface area contributed by atoms with Crippen molar-refractivity contribution < 1.29 is 15.3 Å². The first-order valence-electron chi connectivity index (χ1n) is 7.01. The van der Waals surface area contributed by atoms with Crippen molar-refractivity contribution in [2.75, 3.05) is 0 Å². The van der Waals surface area contributed by atoms with Gasteiger partial charge in [-0.1, -0.05) is 18.2 Å². The smallest absolute Gasteiger partial charge is 0.249 e. The van der Waals surface area contributed by atoms with Crippen LogP contribution >= 0.6 is 0 Å². The lowest BCUT2D eigenvalue weighted by atomic mass is 10.0. The number of aryl methyl sites for hydroxylation is 1. The van der Waals surface area contributed by atoms with E-state index < -0.39 is 0 Å². The minimum absolute atomic E-state index is 0.149. The van der Waals surface area contributed by atoms with Gasteiger partial charge in [-0.25, -0.2) is 0 Å². The standard InChI is InChI=1S/C18H15NO4/c1-10-2-3-12(8-16(10)21)14-6-13(9-18(23)19-14)11-4-5-15(20)17(22)7-11/h2-9,20-22H,1H3,(H,19,23). The molecule has 0 atom stereocenters. The van der Waals surface area contributed by atoms with Gasteiger partial charge in [0.2, 0.25) is 5.56 Å². The van der Waals surface area contributed by atoms with Crippen LogP contribution in [0.2, 0.25) is 0 Å². The highest BCUT2D eigenvalue weighted by atomic mass is 16.3. The molecule has 5 heteroatoms. The van der Waals surface area contributed by atoms with Gasteiger partial charge in [-0.3, -0.25) is 4.79 Å². The third-order valence-electron chi connectivity index (χ3n) is 3.67. The summed E-state index contributed by atoms with van der Waals surface area (Å²) in [5, 5.41) is 28.8. The highest BCUT2D eigenvalue weighted by Crippen LogP contribution is 2.32. The number of aromatic nitrogens is 1. The van der Waals surface area contributed by atoms with Crippen molar-refractivity contribution in [2.45, 2.75) is 6.92 Å². The number of aromatic amines is 1. The number of pyridine rings is 1. The van der Waals surface area contributed by atoms with Crippen molar-refractivity contribution >= 4 is 0 Å². The molecule has 0 radical (unpaired) electrons. The van der Waals surface area contributed by atoms with Gasteiger partial charge in [-0.2, -0.15) is 0 Å². The number of phenols is 3. The van der Waals surface area contributed by atoms with Crippen molar-refractivity contribution in [1.82, 2.24) is 4.98 Å². The van der Waals surface area contributed by atoms with E-state index in [1.165, 1.54) is 18.2 Å². The molecule has 0 bridgehead atoms. The van der Waals surface area contributed by atoms with Crippen LogP contribution in [0.1, 0.15) is 5.56 Å². The molecule has 4 N–H and O–H groups in total. The third-order valence-corrected chi connectivity index (χ3v) is 3.67. The van der Waals surface area contributed by atoms with E-state index in [0.717, 1.165) is 5.56 Å². The van der Waals surface area contributed by atoms with Crippen molar-refractivity contribution in [3.63, 3.8) is 0 Å². The van der Waals surface area contributed by atoms with E-state index in [4.69, 9.17) is 0 Å². The molecule has 0 fully saturated rings. The van der Waals surface area contributed by atoms with Gasteiger partial charge >= 0.3 is 0 Å². The van der Waals surface area contributed by atoms with E-state index in [-0.39, 0.29) is 22.8 Å². The molecule has 0 aliphatic heterocycles. The predicted octanol–water partition coefficient (Wildman–Crippen LogP) is 3.13. The summed E-state index contributed by atoms with van der Waals surface area (Å²) in [6.45, 7) is 1.79. The van der Waals surface area contributed by atoms with E-state index in [1.807, 2.05) is 0 Å². The molecule has 0 amide bonds. The normalized spacial score (nSPS) is 10.7. The Kier molecular flexibility index (Phi) is 3.54. The number of phenolic OH excluding ortho intramolecular Hbond substituents is 3. The van der Waals surface area contributed by atoms with Crippen molar-refractivity contribution in [1.29, 1.82) is 0 Å². The Morgan fingerprint density at radius 2 is 1.43 bits per heavy atom. The van der Waals surface area contributed by atoms with Crippen LogP contribution in [0.3, 0.4) is 0 Å². The maximum Gasteiger partial charge on any atom is 0.249 e. The molecule has 0 saturated carbocycles. The number of hydrogen-bond donors (Lipinski definition) is 4. The molecule has 0 unspecified atom stereocenters. The van der Waals surface area contributed by atoms with Gasteiger partial charge in [0.25, 0.3) is 0 Å². The molecule has 3 rings (SSSR count). The first-order valence-corrected chi connectivity index (χ1v) is 7.01. The maximum absolute atomic E-state index is 11.9. The molecule has 23 heavy (non-hydrogen) atoms. The van der Waals surface area contributed by atoms with E-state index in [9.17, 15) is 20.1 Å². The number of benzene rings is 2. The van der Waals surface area contributed by atoms with Gasteiger partial charge in [0.05, 0.1) is 0 Å². The average molecular weight is 309 g/mol. The number of nitrogens with one attached hydrogen (secondary N) is 1. The van der Waals surface area contributed by atoms with Gasteiger partial charge in [0.1, 0.15) is 5.75 Å². The van der Waals surface area contributed by atoms with E-state index in [1.54, 1.807) is 37.3 Å². The lowest BCUT2D eigenvalue weighted by Crippen LogP contribution is -2.05. The molecule has 0 saturated heterocycles. The maximum atomic E-state index is 11.9. The van der Waals surface area contributed by atoms with Crippen LogP contribution in [0.5, 0.6) is 17.2 Å². The Hall–Kier alpha value is -3.21. The fourth-order valence-electron chi connectivity index (χ4n) is 2.35. The van der Waals surface area contributed by atoms with Crippen LogP contribution in [-0.2, 0) is 0 Å².